The van der Waals surface area contributed by atoms with Gasteiger partial charge in [0.1, 0.15) is 0 Å². The van der Waals surface area contributed by atoms with Gasteiger partial charge in [0.25, 0.3) is 0 Å². The molecule has 0 atom stereocenters. The zero-order chi connectivity index (χ0) is 17.7. The summed E-state index contributed by atoms with van der Waals surface area (Å²) in [5.74, 6) is 1.18. The number of hydrogen-bond donors (Lipinski definition) is 1. The minimum atomic E-state index is 0.561. The molecule has 4 nitrogen and oxygen atoms in total. The summed E-state index contributed by atoms with van der Waals surface area (Å²) in [4.78, 5) is 0. The van der Waals surface area contributed by atoms with Gasteiger partial charge in [-0.3, -0.25) is 0 Å². The van der Waals surface area contributed by atoms with Gasteiger partial charge in [-0.05, 0) is 0 Å². The van der Waals surface area contributed by atoms with E-state index in [1.165, 1.54) is 0 Å². The molecular formula is C22H11N3O. The third kappa shape index (κ3) is 1.87. The summed E-state index contributed by atoms with van der Waals surface area (Å²) in [6.07, 6.45) is 0. The number of nitrogens with one attached hydrogen (secondary N) is 1. The number of benzene rings is 4. The molecule has 0 fully saturated rings. The largest absolute Gasteiger partial charge is 0.453 e. The Balaban J connectivity index is 1.84. The van der Waals surface area contributed by atoms with Crippen molar-refractivity contribution in [3.8, 4) is 23.6 Å². The predicted octanol–water partition coefficient (Wildman–Crippen LogP) is 5.59. The van der Waals surface area contributed by atoms with Crippen molar-refractivity contribution in [3.05, 3.63) is 71.8 Å². The first-order chi connectivity index (χ1) is 12.8. The Morgan fingerprint density at radius 1 is 0.654 bits per heavy atom. The zero-order valence-electron chi connectivity index (χ0n) is 13.6. The molecule has 1 aliphatic rings. The maximum atomic E-state index is 9.49. The van der Waals surface area contributed by atoms with Gasteiger partial charge in [0.15, 0.2) is 11.5 Å². The van der Waals surface area contributed by atoms with Gasteiger partial charge in [-0.25, -0.2) is 0 Å². The Hall–Kier alpha value is -4.02. The van der Waals surface area contributed by atoms with Gasteiger partial charge >= 0.3 is 0 Å². The highest BCUT2D eigenvalue weighted by Crippen LogP contribution is 2.49. The van der Waals surface area contributed by atoms with Crippen LogP contribution in [0.15, 0.2) is 60.7 Å². The topological polar surface area (TPSA) is 68.8 Å². The minimum Gasteiger partial charge on any atom is -0.453 e. The average molecular weight is 333 g/mol. The second-order valence-electron chi connectivity index (χ2n) is 6.14. The predicted molar refractivity (Wildman–Crippen MR) is 101 cm³/mol. The van der Waals surface area contributed by atoms with Gasteiger partial charge in [-0.2, -0.15) is 10.5 Å². The highest BCUT2D eigenvalue weighted by molar-refractivity contribution is 6.08. The van der Waals surface area contributed by atoms with Gasteiger partial charge in [0.05, 0.1) is 34.6 Å². The fourth-order valence-corrected chi connectivity index (χ4v) is 3.55. The number of hydrogen-bond acceptors (Lipinski definition) is 4. The van der Waals surface area contributed by atoms with Crippen molar-refractivity contribution in [2.24, 2.45) is 0 Å². The Morgan fingerprint density at radius 3 is 1.50 bits per heavy atom. The lowest BCUT2D eigenvalue weighted by Gasteiger charge is -2.25. The molecule has 4 aromatic rings. The summed E-state index contributed by atoms with van der Waals surface area (Å²) in [6.45, 7) is 0. The van der Waals surface area contributed by atoms with E-state index in [1.807, 2.05) is 48.5 Å². The molecular weight excluding hydrogens is 322 g/mol. The molecule has 5 rings (SSSR count). The van der Waals surface area contributed by atoms with E-state index in [0.29, 0.717) is 22.6 Å². The summed E-state index contributed by atoms with van der Waals surface area (Å²) < 4.78 is 6.11. The Kier molecular flexibility index (Phi) is 2.89. The van der Waals surface area contributed by atoms with Crippen LogP contribution in [0.2, 0.25) is 0 Å². The number of ether oxygens (including phenoxy) is 1. The average Bonchev–Trinajstić information content (AvgIpc) is 2.71. The minimum absolute atomic E-state index is 0.561. The Labute approximate surface area is 149 Å². The van der Waals surface area contributed by atoms with Gasteiger partial charge in [0, 0.05) is 33.7 Å². The SMILES string of the molecule is N#Cc1cc2c(c3ccccc13)Nc1c(cc(C#N)c3ccccc13)O2. The van der Waals surface area contributed by atoms with Crippen LogP contribution in [0.25, 0.3) is 21.5 Å². The van der Waals surface area contributed by atoms with Crippen molar-refractivity contribution in [1.29, 1.82) is 10.5 Å². The van der Waals surface area contributed by atoms with E-state index < -0.39 is 0 Å². The second kappa shape index (κ2) is 5.24. The van der Waals surface area contributed by atoms with E-state index in [4.69, 9.17) is 4.74 Å². The normalized spacial score (nSPS) is 11.6. The lowest BCUT2D eigenvalue weighted by Crippen LogP contribution is -2.05. The molecule has 26 heavy (non-hydrogen) atoms. The van der Waals surface area contributed by atoms with Crippen LogP contribution in [0, 0.1) is 22.7 Å². The van der Waals surface area contributed by atoms with Crippen LogP contribution in [0.3, 0.4) is 0 Å². The molecule has 0 unspecified atom stereocenters. The fraction of sp³-hybridized carbons (Fsp3) is 0. The quantitative estimate of drug-likeness (QED) is 0.401. The summed E-state index contributed by atoms with van der Waals surface area (Å²) in [6, 6.07) is 23.5. The number of anilines is 2. The van der Waals surface area contributed by atoms with Gasteiger partial charge < -0.3 is 10.1 Å². The monoisotopic (exact) mass is 333 g/mol. The second-order valence-corrected chi connectivity index (χ2v) is 6.14. The Bertz CT molecular complexity index is 1210. The lowest BCUT2D eigenvalue weighted by molar-refractivity contribution is 0.482. The van der Waals surface area contributed by atoms with Gasteiger partial charge in [-0.15, -0.1) is 0 Å². The maximum absolute atomic E-state index is 9.49. The van der Waals surface area contributed by atoms with Crippen molar-refractivity contribution < 1.29 is 4.74 Å². The molecule has 1 N–H and O–H groups in total. The van der Waals surface area contributed by atoms with E-state index >= 15 is 0 Å². The molecule has 0 aliphatic carbocycles. The molecule has 1 heterocycles. The van der Waals surface area contributed by atoms with Crippen LogP contribution >= 0.6 is 0 Å². The first kappa shape index (κ1) is 14.3. The fourth-order valence-electron chi connectivity index (χ4n) is 3.55. The van der Waals surface area contributed by atoms with Crippen molar-refractivity contribution in [3.63, 3.8) is 0 Å². The maximum Gasteiger partial charge on any atom is 0.152 e. The van der Waals surface area contributed by atoms with Crippen LogP contribution < -0.4 is 10.1 Å². The summed E-state index contributed by atoms with van der Waals surface area (Å²) in [5.41, 5.74) is 2.79. The smallest absolute Gasteiger partial charge is 0.152 e. The standard InChI is InChI=1S/C22H11N3O/c23-11-13-9-19-21(17-7-3-1-5-15(13)17)25-22-18-8-4-2-6-16(18)14(12-24)10-20(22)26-19/h1-10,25H. The van der Waals surface area contributed by atoms with E-state index in [9.17, 15) is 10.5 Å². The molecule has 0 aromatic heterocycles. The van der Waals surface area contributed by atoms with Crippen LogP contribution in [0.4, 0.5) is 11.4 Å². The lowest BCUT2D eigenvalue weighted by atomic mass is 9.98. The third-order valence-corrected chi connectivity index (χ3v) is 4.73. The summed E-state index contributed by atoms with van der Waals surface area (Å²) >= 11 is 0. The zero-order valence-corrected chi connectivity index (χ0v) is 13.6. The van der Waals surface area contributed by atoms with E-state index in [-0.39, 0.29) is 0 Å². The van der Waals surface area contributed by atoms with Crippen molar-refractivity contribution in [2.45, 2.75) is 0 Å². The van der Waals surface area contributed by atoms with E-state index in [1.54, 1.807) is 12.1 Å². The van der Waals surface area contributed by atoms with Crippen LogP contribution in [-0.4, -0.2) is 0 Å². The Morgan fingerprint density at radius 2 is 1.08 bits per heavy atom. The highest BCUT2D eigenvalue weighted by atomic mass is 16.5. The van der Waals surface area contributed by atoms with E-state index in [2.05, 4.69) is 17.5 Å². The highest BCUT2D eigenvalue weighted by Gasteiger charge is 2.23. The summed E-state index contributed by atoms with van der Waals surface area (Å²) in [7, 11) is 0. The number of nitriles is 2. The molecule has 0 amide bonds. The third-order valence-electron chi connectivity index (χ3n) is 4.73. The van der Waals surface area contributed by atoms with Crippen LogP contribution in [0.1, 0.15) is 11.1 Å². The molecule has 0 saturated heterocycles. The number of fused-ring (bicyclic) bond motifs is 6. The first-order valence-corrected chi connectivity index (χ1v) is 8.16. The van der Waals surface area contributed by atoms with Crippen molar-refractivity contribution in [2.75, 3.05) is 5.32 Å². The molecule has 0 saturated carbocycles. The molecule has 0 spiro atoms. The van der Waals surface area contributed by atoms with E-state index in [0.717, 1.165) is 32.9 Å². The van der Waals surface area contributed by atoms with Crippen LogP contribution in [0.5, 0.6) is 11.5 Å². The van der Waals surface area contributed by atoms with Crippen molar-refractivity contribution >= 4 is 32.9 Å². The van der Waals surface area contributed by atoms with Crippen molar-refractivity contribution in [1.82, 2.24) is 0 Å². The molecule has 0 radical (unpaired) electrons. The molecule has 4 heteroatoms. The molecule has 4 aromatic carbocycles. The summed E-state index contributed by atoms with van der Waals surface area (Å²) in [5, 5.41) is 26.1. The molecule has 1 aliphatic heterocycles. The number of nitrogens with zero attached hydrogens (tertiary/aromatic N) is 2. The first-order valence-electron chi connectivity index (χ1n) is 8.16. The van der Waals surface area contributed by atoms with Crippen LogP contribution in [-0.2, 0) is 0 Å². The molecule has 0 bridgehead atoms. The molecule has 120 valence electrons. The van der Waals surface area contributed by atoms with Gasteiger partial charge in [-0.1, -0.05) is 48.5 Å². The number of rotatable bonds is 0. The van der Waals surface area contributed by atoms with Gasteiger partial charge in [0.2, 0.25) is 0 Å².